The highest BCUT2D eigenvalue weighted by Gasteiger charge is 2.35. The summed E-state index contributed by atoms with van der Waals surface area (Å²) in [4.78, 5) is 15.4. The summed E-state index contributed by atoms with van der Waals surface area (Å²) in [6, 6.07) is 0. The molecule has 1 rings (SSSR count). The first-order valence-corrected chi connectivity index (χ1v) is 23.5. The highest BCUT2D eigenvalue weighted by atomic mass is 16.5. The second-order valence-corrected chi connectivity index (χ2v) is 16.8. The van der Waals surface area contributed by atoms with E-state index in [1.807, 2.05) is 7.11 Å². The number of hydrogen-bond acceptors (Lipinski definition) is 4. The lowest BCUT2D eigenvalue weighted by Gasteiger charge is -2.22. The minimum absolute atomic E-state index is 0.0538. The number of carbonyl (C=O) groups excluding carboxylic acids is 1. The molecule has 0 amide bonds. The monoisotopic (exact) mass is 720 g/mol. The number of methoxy groups -OCH3 is 1. The van der Waals surface area contributed by atoms with E-state index in [0.29, 0.717) is 6.42 Å². The van der Waals surface area contributed by atoms with Crippen LogP contribution in [0.4, 0.5) is 0 Å². The van der Waals surface area contributed by atoms with Crippen molar-refractivity contribution in [3.05, 3.63) is 0 Å². The molecule has 0 aromatic heterocycles. The van der Waals surface area contributed by atoms with Crippen molar-refractivity contribution in [2.75, 3.05) is 33.4 Å². The lowest BCUT2D eigenvalue weighted by Crippen LogP contribution is -2.29. The largest absolute Gasteiger partial charge is 0.462 e. The van der Waals surface area contributed by atoms with Crippen LogP contribution in [0.3, 0.4) is 0 Å². The van der Waals surface area contributed by atoms with Gasteiger partial charge in [0, 0.05) is 20.1 Å². The Kier molecular flexibility index (Phi) is 35.8. The molecule has 0 bridgehead atoms. The van der Waals surface area contributed by atoms with E-state index in [4.69, 9.17) is 9.47 Å². The van der Waals surface area contributed by atoms with Gasteiger partial charge in [-0.25, -0.2) is 0 Å². The summed E-state index contributed by atoms with van der Waals surface area (Å²) in [7, 11) is 1.83. The Balaban J connectivity index is 2.08. The number of esters is 1. The molecule has 0 spiro atoms. The Hall–Kier alpha value is -0.610. The molecule has 1 aliphatic carbocycles. The van der Waals surface area contributed by atoms with Gasteiger partial charge in [0.15, 0.2) is 0 Å². The van der Waals surface area contributed by atoms with E-state index >= 15 is 0 Å². The van der Waals surface area contributed by atoms with Crippen molar-refractivity contribution in [1.29, 1.82) is 0 Å². The first kappa shape index (κ1) is 48.4. The molecule has 1 saturated carbocycles. The van der Waals surface area contributed by atoms with Crippen molar-refractivity contribution in [2.45, 2.75) is 252 Å². The lowest BCUT2D eigenvalue weighted by atomic mass is 10.0. The van der Waals surface area contributed by atoms with Crippen LogP contribution in [-0.2, 0) is 14.3 Å². The van der Waals surface area contributed by atoms with Gasteiger partial charge in [0.25, 0.3) is 0 Å². The summed E-state index contributed by atoms with van der Waals surface area (Å²) in [5.41, 5.74) is 0. The maximum absolute atomic E-state index is 12.7. The molecule has 4 nitrogen and oxygen atoms in total. The van der Waals surface area contributed by atoms with E-state index in [-0.39, 0.29) is 12.1 Å². The Morgan fingerprint density at radius 1 is 0.510 bits per heavy atom. The molecule has 0 aromatic carbocycles. The van der Waals surface area contributed by atoms with Gasteiger partial charge < -0.3 is 14.4 Å². The van der Waals surface area contributed by atoms with E-state index in [0.717, 1.165) is 50.7 Å². The van der Waals surface area contributed by atoms with Crippen molar-refractivity contribution in [3.63, 3.8) is 0 Å². The second-order valence-electron chi connectivity index (χ2n) is 16.8. The highest BCUT2D eigenvalue weighted by molar-refractivity contribution is 5.69. The van der Waals surface area contributed by atoms with Crippen molar-refractivity contribution in [3.8, 4) is 0 Å². The number of hydrogen-bond donors (Lipinski definition) is 0. The van der Waals surface area contributed by atoms with Gasteiger partial charge in [-0.1, -0.05) is 188 Å². The van der Waals surface area contributed by atoms with Crippen LogP contribution in [0.2, 0.25) is 0 Å². The summed E-state index contributed by atoms with van der Waals surface area (Å²) >= 11 is 0. The van der Waals surface area contributed by atoms with Crippen LogP contribution >= 0.6 is 0 Å². The lowest BCUT2D eigenvalue weighted by molar-refractivity contribution is -0.150. The fourth-order valence-electron chi connectivity index (χ4n) is 8.16. The molecule has 0 heterocycles. The van der Waals surface area contributed by atoms with Gasteiger partial charge in [-0.3, -0.25) is 4.79 Å². The van der Waals surface area contributed by atoms with E-state index in [1.54, 1.807) is 6.42 Å². The average Bonchev–Trinajstić information content (AvgIpc) is 3.89. The van der Waals surface area contributed by atoms with Gasteiger partial charge in [-0.15, -0.1) is 0 Å². The minimum atomic E-state index is 0.0538. The van der Waals surface area contributed by atoms with Crippen LogP contribution in [0, 0.1) is 11.8 Å². The fourth-order valence-corrected chi connectivity index (χ4v) is 8.16. The van der Waals surface area contributed by atoms with Crippen molar-refractivity contribution in [2.24, 2.45) is 11.8 Å². The van der Waals surface area contributed by atoms with Crippen LogP contribution in [0.1, 0.15) is 245 Å². The molecule has 2 atom stereocenters. The van der Waals surface area contributed by atoms with Crippen LogP contribution in [-0.4, -0.2) is 50.3 Å². The van der Waals surface area contributed by atoms with Crippen molar-refractivity contribution in [1.82, 2.24) is 4.90 Å². The van der Waals surface area contributed by atoms with Crippen LogP contribution < -0.4 is 0 Å². The maximum atomic E-state index is 12.7. The standard InChI is InChI=1S/C47H93NO3/c1-5-8-11-14-20-27-34-44-43-45(44)35-28-21-17-18-25-32-39-48(41-42-50-4)40-33-26-19-24-31-38-47(49)51-46(36-29-22-15-12-9-6-2)37-30-23-16-13-10-7-3/h44-46H,5-43H2,1-4H3. The zero-order chi connectivity index (χ0) is 36.9. The van der Waals surface area contributed by atoms with Crippen LogP contribution in [0.5, 0.6) is 0 Å². The fraction of sp³-hybridized carbons (Fsp3) is 0.979. The molecule has 4 heteroatoms. The Bertz CT molecular complexity index is 698. The van der Waals surface area contributed by atoms with Gasteiger partial charge in [0.05, 0.1) is 6.61 Å². The first-order valence-electron chi connectivity index (χ1n) is 23.5. The maximum Gasteiger partial charge on any atom is 0.306 e. The summed E-state index contributed by atoms with van der Waals surface area (Å²) in [5, 5.41) is 0. The van der Waals surface area contributed by atoms with Gasteiger partial charge in [-0.2, -0.15) is 0 Å². The van der Waals surface area contributed by atoms with Crippen LogP contribution in [0.25, 0.3) is 0 Å². The number of nitrogens with zero attached hydrogens (tertiary/aromatic N) is 1. The van der Waals surface area contributed by atoms with Gasteiger partial charge in [0.1, 0.15) is 6.10 Å². The SMILES string of the molecule is CCCCCCCCC(CCCCCCCC)OC(=O)CCCCCCCN(CCCCCCCCC1CC1CCCCCCCC)CCOC. The van der Waals surface area contributed by atoms with E-state index in [2.05, 4.69) is 25.7 Å². The Morgan fingerprint density at radius 3 is 1.35 bits per heavy atom. The van der Waals surface area contributed by atoms with Crippen molar-refractivity contribution >= 4 is 5.97 Å². The molecule has 1 aliphatic rings. The third-order valence-electron chi connectivity index (χ3n) is 11.8. The average molecular weight is 720 g/mol. The van der Waals surface area contributed by atoms with Gasteiger partial charge >= 0.3 is 5.97 Å². The summed E-state index contributed by atoms with van der Waals surface area (Å²) in [6.07, 6.45) is 46.1. The first-order chi connectivity index (χ1) is 25.1. The zero-order valence-electron chi connectivity index (χ0n) is 35.5. The minimum Gasteiger partial charge on any atom is -0.462 e. The number of rotatable bonds is 42. The quantitative estimate of drug-likeness (QED) is 0.0465. The Labute approximate surface area is 321 Å². The second kappa shape index (κ2) is 37.7. The number of ether oxygens (including phenoxy) is 2. The van der Waals surface area contributed by atoms with E-state index in [1.165, 1.54) is 199 Å². The van der Waals surface area contributed by atoms with Crippen LogP contribution in [0.15, 0.2) is 0 Å². The van der Waals surface area contributed by atoms with Crippen molar-refractivity contribution < 1.29 is 14.3 Å². The molecule has 304 valence electrons. The van der Waals surface area contributed by atoms with E-state index < -0.39 is 0 Å². The smallest absolute Gasteiger partial charge is 0.306 e. The molecule has 0 N–H and O–H groups in total. The number of carbonyl (C=O) groups is 1. The zero-order valence-corrected chi connectivity index (χ0v) is 35.5. The normalized spacial score (nSPS) is 15.7. The molecule has 2 unspecified atom stereocenters. The summed E-state index contributed by atoms with van der Waals surface area (Å²) in [5.74, 6) is 2.23. The highest BCUT2D eigenvalue weighted by Crippen LogP contribution is 2.45. The molecule has 51 heavy (non-hydrogen) atoms. The molecule has 1 fully saturated rings. The third kappa shape index (κ3) is 32.5. The summed E-state index contributed by atoms with van der Waals surface area (Å²) in [6.45, 7) is 11.2. The Morgan fingerprint density at radius 2 is 0.902 bits per heavy atom. The number of unbranched alkanes of at least 4 members (excludes halogenated alkanes) is 24. The summed E-state index contributed by atoms with van der Waals surface area (Å²) < 4.78 is 11.5. The van der Waals surface area contributed by atoms with Gasteiger partial charge in [0.2, 0.25) is 0 Å². The molecule has 0 aromatic rings. The predicted molar refractivity (Wildman–Crippen MR) is 224 cm³/mol. The topological polar surface area (TPSA) is 38.8 Å². The molecule has 0 aliphatic heterocycles. The van der Waals surface area contributed by atoms with Gasteiger partial charge in [-0.05, 0) is 76.3 Å². The third-order valence-corrected chi connectivity index (χ3v) is 11.8. The molecular formula is C47H93NO3. The molecular weight excluding hydrogens is 627 g/mol. The predicted octanol–water partition coefficient (Wildman–Crippen LogP) is 14.8. The molecule has 0 radical (unpaired) electrons. The molecule has 0 saturated heterocycles. The van der Waals surface area contributed by atoms with E-state index in [9.17, 15) is 4.79 Å².